The summed E-state index contributed by atoms with van der Waals surface area (Å²) in [5.74, 6) is 0.0111. The van der Waals surface area contributed by atoms with Crippen molar-refractivity contribution in [1.29, 1.82) is 0 Å². The fourth-order valence-electron chi connectivity index (χ4n) is 5.24. The van der Waals surface area contributed by atoms with Crippen molar-refractivity contribution in [3.63, 3.8) is 0 Å². The van der Waals surface area contributed by atoms with Crippen LogP contribution in [0.2, 0.25) is 5.15 Å². The number of likely N-dealkylation sites (tertiary alicyclic amines) is 1. The lowest BCUT2D eigenvalue weighted by Gasteiger charge is -2.35. The van der Waals surface area contributed by atoms with Crippen molar-refractivity contribution in [3.05, 3.63) is 81.9 Å². The number of ether oxygens (including phenoxy) is 1. The minimum atomic E-state index is -0.594. The van der Waals surface area contributed by atoms with Crippen LogP contribution in [0.15, 0.2) is 48.7 Å². The molecule has 0 bridgehead atoms. The van der Waals surface area contributed by atoms with Crippen molar-refractivity contribution in [2.75, 3.05) is 7.05 Å². The van der Waals surface area contributed by atoms with E-state index in [1.165, 1.54) is 0 Å². The molecule has 39 heavy (non-hydrogen) atoms. The van der Waals surface area contributed by atoms with Crippen LogP contribution >= 0.6 is 11.6 Å². The Hall–Kier alpha value is -3.39. The third-order valence-electron chi connectivity index (χ3n) is 7.19. The van der Waals surface area contributed by atoms with Gasteiger partial charge in [-0.2, -0.15) is 5.10 Å². The normalized spacial score (nSPS) is 18.2. The maximum atomic E-state index is 13.4. The number of hydrogen-bond donors (Lipinski definition) is 1. The summed E-state index contributed by atoms with van der Waals surface area (Å²) in [6.45, 7) is 10.1. The van der Waals surface area contributed by atoms with E-state index >= 15 is 0 Å². The van der Waals surface area contributed by atoms with Crippen molar-refractivity contribution in [2.45, 2.75) is 84.0 Å². The second kappa shape index (κ2) is 11.8. The number of carbonyl (C=O) groups excluding carboxylic acids is 2. The molecule has 1 aliphatic rings. The van der Waals surface area contributed by atoms with E-state index in [0.717, 1.165) is 35.4 Å². The lowest BCUT2D eigenvalue weighted by molar-refractivity contribution is 0.0126. The summed E-state index contributed by atoms with van der Waals surface area (Å²) in [6.07, 6.45) is 3.89. The Morgan fingerprint density at radius 3 is 2.49 bits per heavy atom. The minimum absolute atomic E-state index is 0.0135. The van der Waals surface area contributed by atoms with Gasteiger partial charge in [0.15, 0.2) is 0 Å². The number of nitrogens with zero attached hydrogens (tertiary/aromatic N) is 4. The fourth-order valence-corrected chi connectivity index (χ4v) is 5.35. The average Bonchev–Trinajstić information content (AvgIpc) is 3.48. The molecule has 3 heterocycles. The topological polar surface area (TPSA) is 91.4 Å². The number of rotatable bonds is 7. The van der Waals surface area contributed by atoms with Gasteiger partial charge in [0.25, 0.3) is 5.91 Å². The molecule has 8 nitrogen and oxygen atoms in total. The van der Waals surface area contributed by atoms with Crippen LogP contribution in [0.4, 0.5) is 4.79 Å². The number of halogens is 1. The van der Waals surface area contributed by atoms with Crippen LogP contribution < -0.4 is 0 Å². The summed E-state index contributed by atoms with van der Waals surface area (Å²) in [7, 11) is 1.78. The SMILES string of the molecule is Cc1cc(CN(C)C(=O)c2ccc(CC3CC[C@H]([C@H](C)c4ccc(Cl)nc4)N3C(=O)OC(C)(C)C)cc2)[nH]n1. The zero-order valence-electron chi connectivity index (χ0n) is 23.6. The molecule has 1 N–H and O–H groups in total. The van der Waals surface area contributed by atoms with Crippen molar-refractivity contribution in [1.82, 2.24) is 25.0 Å². The number of H-pyrrole nitrogens is 1. The van der Waals surface area contributed by atoms with Gasteiger partial charge in [-0.3, -0.25) is 9.89 Å². The van der Waals surface area contributed by atoms with Gasteiger partial charge in [0.05, 0.1) is 17.9 Å². The monoisotopic (exact) mass is 551 g/mol. The van der Waals surface area contributed by atoms with Gasteiger partial charge >= 0.3 is 6.09 Å². The molecule has 1 unspecified atom stereocenters. The summed E-state index contributed by atoms with van der Waals surface area (Å²) < 4.78 is 5.85. The highest BCUT2D eigenvalue weighted by atomic mass is 35.5. The Balaban J connectivity index is 1.48. The van der Waals surface area contributed by atoms with Crippen LogP contribution in [-0.2, 0) is 17.7 Å². The van der Waals surface area contributed by atoms with E-state index in [9.17, 15) is 9.59 Å². The van der Waals surface area contributed by atoms with E-state index in [0.29, 0.717) is 23.7 Å². The van der Waals surface area contributed by atoms with E-state index in [1.807, 2.05) is 69.0 Å². The highest BCUT2D eigenvalue weighted by Gasteiger charge is 2.42. The summed E-state index contributed by atoms with van der Waals surface area (Å²) in [4.78, 5) is 34.2. The predicted molar refractivity (Wildman–Crippen MR) is 152 cm³/mol. The summed E-state index contributed by atoms with van der Waals surface area (Å²) in [5.41, 5.74) is 3.91. The summed E-state index contributed by atoms with van der Waals surface area (Å²) >= 11 is 6.00. The molecule has 1 fully saturated rings. The van der Waals surface area contributed by atoms with Crippen molar-refractivity contribution < 1.29 is 14.3 Å². The molecular weight excluding hydrogens is 514 g/mol. The molecule has 3 atom stereocenters. The van der Waals surface area contributed by atoms with E-state index in [4.69, 9.17) is 16.3 Å². The number of amides is 2. The molecule has 2 aromatic heterocycles. The Kier molecular flexibility index (Phi) is 8.64. The van der Waals surface area contributed by atoms with Gasteiger partial charge < -0.3 is 14.5 Å². The van der Waals surface area contributed by atoms with Gasteiger partial charge in [-0.05, 0) is 82.3 Å². The van der Waals surface area contributed by atoms with Gasteiger partial charge in [0.1, 0.15) is 10.8 Å². The Labute approximate surface area is 235 Å². The maximum Gasteiger partial charge on any atom is 0.410 e. The van der Waals surface area contributed by atoms with Crippen LogP contribution in [0.3, 0.4) is 0 Å². The Bertz CT molecular complexity index is 1280. The maximum absolute atomic E-state index is 13.4. The van der Waals surface area contributed by atoms with Crippen LogP contribution in [-0.4, -0.2) is 61.7 Å². The van der Waals surface area contributed by atoms with Gasteiger partial charge in [0.2, 0.25) is 0 Å². The molecule has 1 aliphatic heterocycles. The number of aryl methyl sites for hydroxylation is 1. The average molecular weight is 552 g/mol. The Morgan fingerprint density at radius 1 is 1.18 bits per heavy atom. The van der Waals surface area contributed by atoms with Gasteiger partial charge in [-0.1, -0.05) is 36.7 Å². The summed E-state index contributed by atoms with van der Waals surface area (Å²) in [5, 5.41) is 7.52. The van der Waals surface area contributed by atoms with E-state index < -0.39 is 5.60 Å². The zero-order valence-corrected chi connectivity index (χ0v) is 24.3. The molecule has 9 heteroatoms. The molecule has 0 spiro atoms. The van der Waals surface area contributed by atoms with E-state index in [1.54, 1.807) is 24.2 Å². The highest BCUT2D eigenvalue weighted by molar-refractivity contribution is 6.29. The van der Waals surface area contributed by atoms with Gasteiger partial charge in [-0.15, -0.1) is 0 Å². The molecule has 3 aromatic rings. The number of pyridine rings is 1. The van der Waals surface area contributed by atoms with Crippen LogP contribution in [0.5, 0.6) is 0 Å². The fraction of sp³-hybridized carbons (Fsp3) is 0.467. The van der Waals surface area contributed by atoms with Gasteiger partial charge in [0, 0.05) is 36.8 Å². The lowest BCUT2D eigenvalue weighted by atomic mass is 9.93. The summed E-state index contributed by atoms with van der Waals surface area (Å²) in [6, 6.07) is 13.3. The first kappa shape index (κ1) is 28.6. The Morgan fingerprint density at radius 2 is 1.90 bits per heavy atom. The van der Waals surface area contributed by atoms with Gasteiger partial charge in [-0.25, -0.2) is 9.78 Å². The molecule has 1 saturated heterocycles. The first-order chi connectivity index (χ1) is 18.4. The zero-order chi connectivity index (χ0) is 28.3. The molecule has 1 aromatic carbocycles. The number of carbonyl (C=O) groups is 2. The molecule has 0 saturated carbocycles. The van der Waals surface area contributed by atoms with Crippen molar-refractivity contribution in [3.8, 4) is 0 Å². The smallest absolute Gasteiger partial charge is 0.410 e. The number of aromatic amines is 1. The predicted octanol–water partition coefficient (Wildman–Crippen LogP) is 6.15. The molecule has 0 radical (unpaired) electrons. The van der Waals surface area contributed by atoms with Crippen molar-refractivity contribution in [2.24, 2.45) is 0 Å². The van der Waals surface area contributed by atoms with Crippen LogP contribution in [0.1, 0.15) is 79.3 Å². The number of hydrogen-bond acceptors (Lipinski definition) is 5. The highest BCUT2D eigenvalue weighted by Crippen LogP contribution is 2.37. The van der Waals surface area contributed by atoms with E-state index in [2.05, 4.69) is 22.1 Å². The number of benzene rings is 1. The number of nitrogens with one attached hydrogen (secondary N) is 1. The first-order valence-corrected chi connectivity index (χ1v) is 13.8. The minimum Gasteiger partial charge on any atom is -0.444 e. The van der Waals surface area contributed by atoms with E-state index in [-0.39, 0.29) is 30.0 Å². The second-order valence-electron chi connectivity index (χ2n) is 11.5. The first-order valence-electron chi connectivity index (χ1n) is 13.4. The molecule has 208 valence electrons. The standard InChI is InChI=1S/C30H38ClN5O3/c1-19-15-24(34-33-19)18-35(6)28(37)22-9-7-21(8-10-22)16-25-12-13-26(36(25)29(38)39-30(3,4)5)20(2)23-11-14-27(31)32-17-23/h7-11,14-15,17,20,25-26H,12-13,16,18H2,1-6H3,(H,33,34)/t20-,25?,26-/m1/s1. The number of aromatic nitrogens is 3. The quantitative estimate of drug-likeness (QED) is 0.355. The van der Waals surface area contributed by atoms with Crippen LogP contribution in [0, 0.1) is 6.92 Å². The molecule has 4 rings (SSSR count). The largest absolute Gasteiger partial charge is 0.444 e. The third kappa shape index (κ3) is 7.18. The second-order valence-corrected chi connectivity index (χ2v) is 11.9. The third-order valence-corrected chi connectivity index (χ3v) is 7.41. The lowest BCUT2D eigenvalue weighted by Crippen LogP contribution is -2.46. The van der Waals surface area contributed by atoms with Crippen molar-refractivity contribution >= 4 is 23.6 Å². The molecule has 2 amide bonds. The molecular formula is C30H38ClN5O3. The van der Waals surface area contributed by atoms with Crippen LogP contribution in [0.25, 0.3) is 0 Å². The molecule has 0 aliphatic carbocycles.